The summed E-state index contributed by atoms with van der Waals surface area (Å²) in [7, 11) is 3.27. The number of fused-ring (bicyclic) bond motifs is 1. The molecule has 92 valence electrons. The Morgan fingerprint density at radius 3 is 2.59 bits per heavy atom. The number of benzene rings is 1. The van der Waals surface area contributed by atoms with Crippen LogP contribution in [0.5, 0.6) is 11.5 Å². The third-order valence-corrected chi connectivity index (χ3v) is 4.10. The van der Waals surface area contributed by atoms with Gasteiger partial charge in [0.2, 0.25) is 0 Å². The van der Waals surface area contributed by atoms with Gasteiger partial charge in [-0.05, 0) is 24.3 Å². The van der Waals surface area contributed by atoms with Crippen molar-refractivity contribution in [2.45, 2.75) is 18.1 Å². The van der Waals surface area contributed by atoms with Crippen LogP contribution in [0.2, 0.25) is 0 Å². The van der Waals surface area contributed by atoms with Crippen LogP contribution in [0.3, 0.4) is 0 Å². The zero-order valence-electron chi connectivity index (χ0n) is 10.3. The predicted molar refractivity (Wildman–Crippen MR) is 69.1 cm³/mol. The van der Waals surface area contributed by atoms with E-state index in [0.29, 0.717) is 12.2 Å². The lowest BCUT2D eigenvalue weighted by molar-refractivity contribution is -0.119. The van der Waals surface area contributed by atoms with E-state index in [9.17, 15) is 4.79 Å². The molecule has 1 aromatic carbocycles. The van der Waals surface area contributed by atoms with Crippen molar-refractivity contribution < 1.29 is 14.3 Å². The summed E-state index contributed by atoms with van der Waals surface area (Å²) in [6, 6.07) is 3.86. The number of Topliss-reactive ketones (excluding diaryl/α,β-unsaturated/α-hetero) is 1. The molecule has 1 aromatic rings. The third kappa shape index (κ3) is 2.02. The highest BCUT2D eigenvalue weighted by Crippen LogP contribution is 2.43. The highest BCUT2D eigenvalue weighted by molar-refractivity contribution is 7.99. The largest absolute Gasteiger partial charge is 0.493 e. The van der Waals surface area contributed by atoms with Crippen molar-refractivity contribution in [3.8, 4) is 11.5 Å². The lowest BCUT2D eigenvalue weighted by Gasteiger charge is -2.25. The van der Waals surface area contributed by atoms with Crippen LogP contribution in [0.4, 0.5) is 0 Å². The van der Waals surface area contributed by atoms with Crippen molar-refractivity contribution in [1.29, 1.82) is 0 Å². The van der Waals surface area contributed by atoms with E-state index in [1.165, 1.54) is 0 Å². The van der Waals surface area contributed by atoms with Crippen LogP contribution < -0.4 is 9.47 Å². The molecule has 1 atom stereocenters. The van der Waals surface area contributed by atoms with E-state index in [2.05, 4.69) is 0 Å². The Morgan fingerprint density at radius 1 is 1.24 bits per heavy atom. The van der Waals surface area contributed by atoms with Gasteiger partial charge in [0, 0.05) is 12.0 Å². The minimum atomic E-state index is -0.0569. The molecule has 0 spiro atoms. The monoisotopic (exact) mass is 252 g/mol. The first-order chi connectivity index (χ1) is 8.22. The van der Waals surface area contributed by atoms with Gasteiger partial charge in [0.15, 0.2) is 17.3 Å². The maximum atomic E-state index is 11.8. The Bertz CT molecular complexity index is 443. The zero-order chi connectivity index (χ0) is 12.4. The SMILES string of the molecule is COc1ccc2c(c1OC)CCC(=O)[C@H]2SC. The van der Waals surface area contributed by atoms with Crippen LogP contribution in [0.25, 0.3) is 0 Å². The molecule has 1 aliphatic rings. The Labute approximate surface area is 105 Å². The summed E-state index contributed by atoms with van der Waals surface area (Å²) in [5.41, 5.74) is 2.19. The summed E-state index contributed by atoms with van der Waals surface area (Å²) in [5.74, 6) is 1.81. The Kier molecular flexibility index (Phi) is 3.62. The van der Waals surface area contributed by atoms with Crippen molar-refractivity contribution in [3.63, 3.8) is 0 Å². The molecular formula is C13H16O3S. The van der Waals surface area contributed by atoms with Crippen molar-refractivity contribution >= 4 is 17.5 Å². The van der Waals surface area contributed by atoms with E-state index in [1.807, 2.05) is 18.4 Å². The lowest BCUT2D eigenvalue weighted by Crippen LogP contribution is -2.18. The van der Waals surface area contributed by atoms with E-state index in [4.69, 9.17) is 9.47 Å². The molecule has 0 aromatic heterocycles. The zero-order valence-corrected chi connectivity index (χ0v) is 11.1. The quantitative estimate of drug-likeness (QED) is 0.828. The van der Waals surface area contributed by atoms with Gasteiger partial charge in [0.25, 0.3) is 0 Å². The molecule has 0 unspecified atom stereocenters. The number of ether oxygens (including phenoxy) is 2. The van der Waals surface area contributed by atoms with Crippen molar-refractivity contribution in [2.24, 2.45) is 0 Å². The van der Waals surface area contributed by atoms with Crippen molar-refractivity contribution in [1.82, 2.24) is 0 Å². The third-order valence-electron chi connectivity index (χ3n) is 3.12. The highest BCUT2D eigenvalue weighted by atomic mass is 32.2. The number of ketones is 1. The second-order valence-electron chi connectivity index (χ2n) is 3.95. The fourth-order valence-electron chi connectivity index (χ4n) is 2.32. The fourth-order valence-corrected chi connectivity index (χ4v) is 3.18. The number of carbonyl (C=O) groups excluding carboxylic acids is 1. The van der Waals surface area contributed by atoms with E-state index >= 15 is 0 Å². The summed E-state index contributed by atoms with van der Waals surface area (Å²) in [4.78, 5) is 11.8. The first-order valence-corrected chi connectivity index (χ1v) is 6.81. The van der Waals surface area contributed by atoms with Crippen LogP contribution in [0, 0.1) is 0 Å². The maximum Gasteiger partial charge on any atom is 0.164 e. The number of hydrogen-bond acceptors (Lipinski definition) is 4. The molecule has 0 radical (unpaired) electrons. The Balaban J connectivity index is 2.55. The molecule has 4 heteroatoms. The summed E-state index contributed by atoms with van der Waals surface area (Å²) in [6.07, 6.45) is 3.29. The van der Waals surface area contributed by atoms with E-state index < -0.39 is 0 Å². The molecule has 2 rings (SSSR count). The average Bonchev–Trinajstić information content (AvgIpc) is 2.37. The molecule has 17 heavy (non-hydrogen) atoms. The summed E-state index contributed by atoms with van der Waals surface area (Å²) < 4.78 is 10.7. The molecule has 0 saturated carbocycles. The summed E-state index contributed by atoms with van der Waals surface area (Å²) in [5, 5.41) is -0.0569. The first-order valence-electron chi connectivity index (χ1n) is 5.52. The van der Waals surface area contributed by atoms with Crippen LogP contribution in [-0.4, -0.2) is 26.3 Å². The van der Waals surface area contributed by atoms with E-state index in [0.717, 1.165) is 29.0 Å². The Morgan fingerprint density at radius 2 is 2.00 bits per heavy atom. The van der Waals surface area contributed by atoms with Gasteiger partial charge in [-0.2, -0.15) is 0 Å². The normalized spacial score (nSPS) is 18.8. The van der Waals surface area contributed by atoms with Crippen LogP contribution >= 0.6 is 11.8 Å². The van der Waals surface area contributed by atoms with E-state index in [1.54, 1.807) is 26.0 Å². The number of thioether (sulfide) groups is 1. The highest BCUT2D eigenvalue weighted by Gasteiger charge is 2.30. The molecule has 0 saturated heterocycles. The average molecular weight is 252 g/mol. The number of rotatable bonds is 3. The van der Waals surface area contributed by atoms with Gasteiger partial charge < -0.3 is 9.47 Å². The molecule has 3 nitrogen and oxygen atoms in total. The molecule has 0 bridgehead atoms. The second-order valence-corrected chi connectivity index (χ2v) is 4.89. The van der Waals surface area contributed by atoms with Crippen LogP contribution in [0.1, 0.15) is 22.8 Å². The second kappa shape index (κ2) is 5.00. The van der Waals surface area contributed by atoms with Gasteiger partial charge in [-0.1, -0.05) is 6.07 Å². The van der Waals surface area contributed by atoms with Gasteiger partial charge in [0.1, 0.15) is 0 Å². The van der Waals surface area contributed by atoms with Gasteiger partial charge in [-0.3, -0.25) is 4.79 Å². The molecular weight excluding hydrogens is 236 g/mol. The smallest absolute Gasteiger partial charge is 0.164 e. The minimum Gasteiger partial charge on any atom is -0.493 e. The lowest BCUT2D eigenvalue weighted by atomic mass is 9.89. The molecule has 0 N–H and O–H groups in total. The van der Waals surface area contributed by atoms with Gasteiger partial charge in [-0.15, -0.1) is 11.8 Å². The predicted octanol–water partition coefficient (Wildman–Crippen LogP) is 2.62. The van der Waals surface area contributed by atoms with Crippen molar-refractivity contribution in [2.75, 3.05) is 20.5 Å². The summed E-state index contributed by atoms with van der Waals surface area (Å²) in [6.45, 7) is 0. The molecule has 0 aliphatic heterocycles. The van der Waals surface area contributed by atoms with Gasteiger partial charge >= 0.3 is 0 Å². The standard InChI is InChI=1S/C13H16O3S/c1-15-11-7-5-9-8(12(11)16-2)4-6-10(14)13(9)17-3/h5,7,13H,4,6H2,1-3H3/t13-/m0/s1. The molecule has 0 fully saturated rings. The van der Waals surface area contributed by atoms with Crippen molar-refractivity contribution in [3.05, 3.63) is 23.3 Å². The topological polar surface area (TPSA) is 35.5 Å². The van der Waals surface area contributed by atoms with E-state index in [-0.39, 0.29) is 5.25 Å². The first kappa shape index (κ1) is 12.3. The number of methoxy groups -OCH3 is 2. The molecule has 0 heterocycles. The minimum absolute atomic E-state index is 0.0569. The van der Waals surface area contributed by atoms with Gasteiger partial charge in [0.05, 0.1) is 19.5 Å². The van der Waals surface area contributed by atoms with Crippen LogP contribution in [-0.2, 0) is 11.2 Å². The number of carbonyl (C=O) groups is 1. The Hall–Kier alpha value is -1.16. The number of hydrogen-bond donors (Lipinski definition) is 0. The fraction of sp³-hybridized carbons (Fsp3) is 0.462. The summed E-state index contributed by atoms with van der Waals surface area (Å²) >= 11 is 1.58. The maximum absolute atomic E-state index is 11.8. The molecule has 1 aliphatic carbocycles. The van der Waals surface area contributed by atoms with Crippen LogP contribution in [0.15, 0.2) is 12.1 Å². The molecule has 0 amide bonds. The van der Waals surface area contributed by atoms with Gasteiger partial charge in [-0.25, -0.2) is 0 Å².